The van der Waals surface area contributed by atoms with Gasteiger partial charge in [-0.05, 0) is 6.92 Å². The van der Waals surface area contributed by atoms with Gasteiger partial charge in [-0.3, -0.25) is 0 Å². The molecule has 6 nitrogen and oxygen atoms in total. The van der Waals surface area contributed by atoms with Crippen molar-refractivity contribution >= 4 is 23.5 Å². The number of nitrogen functional groups attached to an aromatic ring is 1. The first kappa shape index (κ1) is 12.7. The number of methoxy groups -OCH3 is 1. The zero-order valence-corrected chi connectivity index (χ0v) is 9.91. The Kier molecular flexibility index (Phi) is 5.00. The fraction of sp³-hybridized carbons (Fsp3) is 0.444. The second kappa shape index (κ2) is 6.29. The van der Waals surface area contributed by atoms with Gasteiger partial charge >= 0.3 is 5.97 Å². The average Bonchev–Trinajstić information content (AvgIpc) is 2.26. The third kappa shape index (κ3) is 3.35. The number of ether oxygens (including phenoxy) is 2. The Balaban J connectivity index is 2.78. The molecule has 88 valence electrons. The lowest BCUT2D eigenvalue weighted by Gasteiger charge is -2.05. The van der Waals surface area contributed by atoms with Crippen LogP contribution in [0.1, 0.15) is 17.3 Å². The summed E-state index contributed by atoms with van der Waals surface area (Å²) in [5, 5.41) is 0.465. The summed E-state index contributed by atoms with van der Waals surface area (Å²) in [5.41, 5.74) is 5.80. The molecule has 0 saturated heterocycles. The van der Waals surface area contributed by atoms with Gasteiger partial charge in [0, 0.05) is 13.3 Å². The summed E-state index contributed by atoms with van der Waals surface area (Å²) in [7, 11) is 1.57. The van der Waals surface area contributed by atoms with E-state index in [1.54, 1.807) is 14.0 Å². The van der Waals surface area contributed by atoms with Crippen LogP contribution in [-0.4, -0.2) is 35.6 Å². The van der Waals surface area contributed by atoms with Crippen LogP contribution in [-0.2, 0) is 9.47 Å². The predicted octanol–water partition coefficient (Wildman–Crippen LogP) is 0.931. The summed E-state index contributed by atoms with van der Waals surface area (Å²) >= 11 is 1.29. The number of esters is 1. The van der Waals surface area contributed by atoms with Gasteiger partial charge < -0.3 is 15.2 Å². The van der Waals surface area contributed by atoms with Crippen LogP contribution < -0.4 is 5.73 Å². The summed E-state index contributed by atoms with van der Waals surface area (Å²) in [4.78, 5) is 19.3. The van der Waals surface area contributed by atoms with Crippen LogP contribution in [0.15, 0.2) is 11.4 Å². The highest BCUT2D eigenvalue weighted by Crippen LogP contribution is 2.16. The number of carbonyl (C=O) groups is 1. The summed E-state index contributed by atoms with van der Waals surface area (Å²) in [6.45, 7) is 2.01. The Labute approximate surface area is 97.5 Å². The van der Waals surface area contributed by atoms with E-state index in [0.29, 0.717) is 17.7 Å². The SMILES string of the molecule is CCOC(=O)c1cnc(SCOC)nc1N. The van der Waals surface area contributed by atoms with E-state index in [4.69, 9.17) is 15.2 Å². The molecular formula is C9H13N3O3S. The third-order valence-electron chi connectivity index (χ3n) is 1.60. The second-order valence-corrected chi connectivity index (χ2v) is 3.61. The van der Waals surface area contributed by atoms with E-state index in [1.165, 1.54) is 18.0 Å². The lowest BCUT2D eigenvalue weighted by atomic mass is 10.3. The van der Waals surface area contributed by atoms with Crippen molar-refractivity contribution in [3.8, 4) is 0 Å². The maximum absolute atomic E-state index is 11.4. The number of anilines is 1. The molecule has 0 bridgehead atoms. The fourth-order valence-electron chi connectivity index (χ4n) is 0.925. The number of rotatable bonds is 5. The van der Waals surface area contributed by atoms with Gasteiger partial charge in [0.2, 0.25) is 0 Å². The average molecular weight is 243 g/mol. The first-order chi connectivity index (χ1) is 7.69. The number of carbonyl (C=O) groups excluding carboxylic acids is 1. The molecule has 0 aliphatic heterocycles. The Hall–Kier alpha value is -1.34. The Morgan fingerprint density at radius 3 is 2.94 bits per heavy atom. The summed E-state index contributed by atoms with van der Waals surface area (Å²) in [6, 6.07) is 0. The molecule has 2 N–H and O–H groups in total. The van der Waals surface area contributed by atoms with Crippen LogP contribution >= 0.6 is 11.8 Å². The molecule has 0 radical (unpaired) electrons. The van der Waals surface area contributed by atoms with Gasteiger partial charge in [-0.25, -0.2) is 14.8 Å². The van der Waals surface area contributed by atoms with E-state index in [0.717, 1.165) is 0 Å². The first-order valence-corrected chi connectivity index (χ1v) is 5.59. The highest BCUT2D eigenvalue weighted by atomic mass is 32.2. The Morgan fingerprint density at radius 2 is 2.38 bits per heavy atom. The lowest BCUT2D eigenvalue weighted by molar-refractivity contribution is 0.0526. The molecule has 0 aliphatic rings. The Bertz CT molecular complexity index is 373. The maximum atomic E-state index is 11.4. The molecule has 0 fully saturated rings. The number of nitrogens with zero attached hydrogens (tertiary/aromatic N) is 2. The number of thioether (sulfide) groups is 1. The van der Waals surface area contributed by atoms with E-state index in [1.807, 2.05) is 0 Å². The van der Waals surface area contributed by atoms with E-state index in [-0.39, 0.29) is 11.4 Å². The molecule has 0 amide bonds. The van der Waals surface area contributed by atoms with Crippen molar-refractivity contribution in [2.75, 3.05) is 25.4 Å². The maximum Gasteiger partial charge on any atom is 0.343 e. The van der Waals surface area contributed by atoms with Gasteiger partial charge in [-0.2, -0.15) is 0 Å². The van der Waals surface area contributed by atoms with E-state index >= 15 is 0 Å². The normalized spacial score (nSPS) is 10.1. The molecule has 7 heteroatoms. The van der Waals surface area contributed by atoms with Crippen LogP contribution in [0.5, 0.6) is 0 Å². The molecule has 0 spiro atoms. The van der Waals surface area contributed by atoms with Crippen molar-refractivity contribution in [2.45, 2.75) is 12.1 Å². The monoisotopic (exact) mass is 243 g/mol. The van der Waals surface area contributed by atoms with Crippen molar-refractivity contribution in [1.82, 2.24) is 9.97 Å². The van der Waals surface area contributed by atoms with Crippen LogP contribution in [0.4, 0.5) is 5.82 Å². The van der Waals surface area contributed by atoms with E-state index in [2.05, 4.69) is 9.97 Å². The molecule has 1 rings (SSSR count). The Morgan fingerprint density at radius 1 is 1.62 bits per heavy atom. The van der Waals surface area contributed by atoms with Gasteiger partial charge in [0.25, 0.3) is 0 Å². The second-order valence-electron chi connectivity index (χ2n) is 2.72. The van der Waals surface area contributed by atoms with Gasteiger partial charge in [0.05, 0.1) is 12.5 Å². The van der Waals surface area contributed by atoms with Gasteiger partial charge in [-0.1, -0.05) is 11.8 Å². The standard InChI is InChI=1S/C9H13N3O3S/c1-3-15-8(13)6-4-11-9(12-7(6)10)16-5-14-2/h4H,3,5H2,1-2H3,(H2,10,11,12). The number of hydrogen-bond acceptors (Lipinski definition) is 7. The van der Waals surface area contributed by atoms with Gasteiger partial charge in [0.15, 0.2) is 5.16 Å². The number of hydrogen-bond donors (Lipinski definition) is 1. The highest BCUT2D eigenvalue weighted by Gasteiger charge is 2.13. The molecule has 16 heavy (non-hydrogen) atoms. The molecule has 0 saturated carbocycles. The summed E-state index contributed by atoms with van der Waals surface area (Å²) in [6.07, 6.45) is 1.36. The number of nitrogens with two attached hydrogens (primary N) is 1. The lowest BCUT2D eigenvalue weighted by Crippen LogP contribution is -2.10. The van der Waals surface area contributed by atoms with Crippen molar-refractivity contribution < 1.29 is 14.3 Å². The molecule has 1 aromatic rings. The third-order valence-corrected chi connectivity index (χ3v) is 2.41. The molecule has 0 unspecified atom stereocenters. The van der Waals surface area contributed by atoms with Crippen molar-refractivity contribution in [3.05, 3.63) is 11.8 Å². The zero-order chi connectivity index (χ0) is 12.0. The van der Waals surface area contributed by atoms with Crippen molar-refractivity contribution in [1.29, 1.82) is 0 Å². The minimum Gasteiger partial charge on any atom is -0.462 e. The fourth-order valence-corrected chi connectivity index (χ4v) is 1.44. The molecule has 1 heterocycles. The van der Waals surface area contributed by atoms with Crippen LogP contribution in [0.2, 0.25) is 0 Å². The number of aromatic nitrogens is 2. The minimum atomic E-state index is -0.511. The zero-order valence-electron chi connectivity index (χ0n) is 9.10. The summed E-state index contributed by atoms with van der Waals surface area (Å²) < 4.78 is 9.65. The van der Waals surface area contributed by atoms with Crippen molar-refractivity contribution in [3.63, 3.8) is 0 Å². The molecular weight excluding hydrogens is 230 g/mol. The molecule has 0 aliphatic carbocycles. The topological polar surface area (TPSA) is 87.3 Å². The van der Waals surface area contributed by atoms with Crippen LogP contribution in [0.25, 0.3) is 0 Å². The first-order valence-electron chi connectivity index (χ1n) is 4.60. The smallest absolute Gasteiger partial charge is 0.343 e. The predicted molar refractivity (Wildman–Crippen MR) is 60.1 cm³/mol. The molecule has 1 aromatic heterocycles. The molecule has 0 aromatic carbocycles. The van der Waals surface area contributed by atoms with E-state index in [9.17, 15) is 4.79 Å². The summed E-state index contributed by atoms with van der Waals surface area (Å²) in [5.74, 6) is 0.0356. The minimum absolute atomic E-state index is 0.118. The quantitative estimate of drug-likeness (QED) is 0.356. The molecule has 0 atom stereocenters. The van der Waals surface area contributed by atoms with Gasteiger partial charge in [0.1, 0.15) is 11.4 Å². The largest absolute Gasteiger partial charge is 0.462 e. The van der Waals surface area contributed by atoms with Crippen LogP contribution in [0.3, 0.4) is 0 Å². The van der Waals surface area contributed by atoms with Crippen LogP contribution in [0, 0.1) is 0 Å². The van der Waals surface area contributed by atoms with E-state index < -0.39 is 5.97 Å². The van der Waals surface area contributed by atoms with Crippen molar-refractivity contribution in [2.24, 2.45) is 0 Å². The van der Waals surface area contributed by atoms with Gasteiger partial charge in [-0.15, -0.1) is 0 Å². The highest BCUT2D eigenvalue weighted by molar-refractivity contribution is 7.99.